The average molecular weight is 100 g/mol. The Bertz CT molecular complexity index is 17.1. The molecule has 0 aliphatic rings. The van der Waals surface area contributed by atoms with E-state index in [1.54, 1.807) is 0 Å². The van der Waals surface area contributed by atoms with Gasteiger partial charge >= 0.3 is 23.1 Å². The molecule has 0 aliphatic heterocycles. The van der Waals surface area contributed by atoms with Crippen LogP contribution in [-0.2, 0) is 4.79 Å². The molecule has 0 unspecified atom stereocenters. The van der Waals surface area contributed by atoms with E-state index >= 15 is 0 Å². The van der Waals surface area contributed by atoms with Crippen LogP contribution >= 0.6 is 0 Å². The van der Waals surface area contributed by atoms with Gasteiger partial charge in [0.05, 0.1) is 0 Å². The summed E-state index contributed by atoms with van der Waals surface area (Å²) in [6.07, 6.45) is 0.750. The van der Waals surface area contributed by atoms with Gasteiger partial charge < -0.3 is 4.79 Å². The molecule has 0 N–H and O–H groups in total. The SMILES string of the molecule is CC=O.[AlH3].[MgH2]. The lowest BCUT2D eigenvalue weighted by Gasteiger charge is -1.23. The Morgan fingerprint density at radius 2 is 1.60 bits per heavy atom. The molecule has 0 rings (SSSR count). The quantitative estimate of drug-likeness (QED) is 0.257. The van der Waals surface area contributed by atoms with Crippen LogP contribution in [0.5, 0.6) is 0 Å². The first-order valence-electron chi connectivity index (χ1n) is 0.813. The van der Waals surface area contributed by atoms with Crippen LogP contribution < -0.4 is 0 Å². The molecule has 0 aromatic heterocycles. The lowest BCUT2D eigenvalue weighted by Crippen LogP contribution is -1.36. The maximum absolute atomic E-state index is 8.81. The number of rotatable bonds is 0. The second kappa shape index (κ2) is 20.2. The van der Waals surface area contributed by atoms with Gasteiger partial charge in [-0.1, -0.05) is 0 Å². The predicted molar refractivity (Wildman–Crippen MR) is 30.2 cm³/mol. The lowest BCUT2D eigenvalue weighted by atomic mass is 11.0. The summed E-state index contributed by atoms with van der Waals surface area (Å²) in [6, 6.07) is 0. The lowest BCUT2D eigenvalue weighted by molar-refractivity contribution is -0.106. The van der Waals surface area contributed by atoms with Crippen LogP contribution in [0.15, 0.2) is 0 Å². The summed E-state index contributed by atoms with van der Waals surface area (Å²) in [7, 11) is 0. The van der Waals surface area contributed by atoms with Crippen molar-refractivity contribution in [2.24, 2.45) is 0 Å². The molecule has 0 bridgehead atoms. The third-order valence-electron chi connectivity index (χ3n) is 0. The number of hydrogen-bond donors (Lipinski definition) is 0. The minimum absolute atomic E-state index is 0. The summed E-state index contributed by atoms with van der Waals surface area (Å²) in [5.41, 5.74) is 0. The van der Waals surface area contributed by atoms with Gasteiger partial charge in [0.1, 0.15) is 6.29 Å². The molecule has 0 saturated heterocycles. The Morgan fingerprint density at radius 1 is 1.60 bits per heavy atom. The van der Waals surface area contributed by atoms with Crippen LogP contribution in [0.2, 0.25) is 0 Å². The van der Waals surface area contributed by atoms with E-state index in [2.05, 4.69) is 0 Å². The number of carbonyl (C=O) groups excluding carboxylic acids is 1. The fourth-order valence-corrected chi connectivity index (χ4v) is 0. The van der Waals surface area contributed by atoms with Gasteiger partial charge in [0.15, 0.2) is 17.4 Å². The van der Waals surface area contributed by atoms with E-state index in [0.29, 0.717) is 0 Å². The second-order valence-corrected chi connectivity index (χ2v) is 0.236. The van der Waals surface area contributed by atoms with Crippen LogP contribution in [0, 0.1) is 0 Å². The fourth-order valence-electron chi connectivity index (χ4n) is 0. The Hall–Kier alpha value is 0.969. The fraction of sp³-hybridized carbons (Fsp3) is 0.500. The van der Waals surface area contributed by atoms with Crippen molar-refractivity contribution in [2.45, 2.75) is 6.92 Å². The van der Waals surface area contributed by atoms with Crippen LogP contribution in [0.25, 0.3) is 0 Å². The predicted octanol–water partition coefficient (Wildman–Crippen LogP) is -1.89. The molecule has 0 amide bonds. The number of hydrogen-bond acceptors (Lipinski definition) is 1. The number of carbonyl (C=O) groups is 1. The van der Waals surface area contributed by atoms with Crippen LogP contribution in [0.1, 0.15) is 6.92 Å². The summed E-state index contributed by atoms with van der Waals surface area (Å²) >= 11 is 0. The van der Waals surface area contributed by atoms with Crippen molar-refractivity contribution in [1.82, 2.24) is 0 Å². The van der Waals surface area contributed by atoms with Crippen LogP contribution in [0.3, 0.4) is 0 Å². The highest BCUT2D eigenvalue weighted by Gasteiger charge is 1.24. The molecule has 0 radical (unpaired) electrons. The van der Waals surface area contributed by atoms with E-state index < -0.39 is 0 Å². The molecule has 0 fully saturated rings. The van der Waals surface area contributed by atoms with Gasteiger partial charge in [-0.15, -0.1) is 0 Å². The monoisotopic (exact) mass is 100 g/mol. The molecule has 0 spiro atoms. The van der Waals surface area contributed by atoms with Crippen molar-refractivity contribution < 1.29 is 4.79 Å². The summed E-state index contributed by atoms with van der Waals surface area (Å²) in [4.78, 5) is 8.81. The Labute approximate surface area is 58.4 Å². The van der Waals surface area contributed by atoms with E-state index in [9.17, 15) is 0 Å². The van der Waals surface area contributed by atoms with Gasteiger partial charge in [0.25, 0.3) is 0 Å². The zero-order valence-corrected chi connectivity index (χ0v) is 1.99. The molecule has 0 aromatic carbocycles. The number of aldehydes is 1. The van der Waals surface area contributed by atoms with Crippen LogP contribution in [0.4, 0.5) is 0 Å². The molecule has 0 heterocycles. The Morgan fingerprint density at radius 3 is 1.60 bits per heavy atom. The molecule has 0 aliphatic carbocycles. The average Bonchev–Trinajstić information content (AvgIpc) is 0.918. The van der Waals surface area contributed by atoms with Gasteiger partial charge in [-0.05, 0) is 6.92 Å². The topological polar surface area (TPSA) is 17.1 Å². The highest BCUT2D eigenvalue weighted by Crippen LogP contribution is 1.13. The van der Waals surface area contributed by atoms with Gasteiger partial charge in [-0.2, -0.15) is 0 Å². The minimum atomic E-state index is 0. The molecular weight excluding hydrogens is 91.3 g/mol. The van der Waals surface area contributed by atoms with Gasteiger partial charge in [-0.25, -0.2) is 0 Å². The second-order valence-electron chi connectivity index (χ2n) is 0.236. The smallest absolute Gasteiger partial charge is 0.304 e. The van der Waals surface area contributed by atoms with Gasteiger partial charge in [0, 0.05) is 0 Å². The molecule has 0 aromatic rings. The summed E-state index contributed by atoms with van der Waals surface area (Å²) in [5.74, 6) is 0. The van der Waals surface area contributed by atoms with E-state index in [1.165, 1.54) is 6.92 Å². The van der Waals surface area contributed by atoms with Gasteiger partial charge in [-0.3, -0.25) is 0 Å². The Kier molecular flexibility index (Phi) is 67.5. The van der Waals surface area contributed by atoms with E-state index in [4.69, 9.17) is 4.79 Å². The zero-order chi connectivity index (χ0) is 2.71. The molecule has 0 saturated carbocycles. The molecule has 0 atom stereocenters. The van der Waals surface area contributed by atoms with E-state index in [-0.39, 0.29) is 40.4 Å². The normalized spacial score (nSPS) is 2.60. The Balaban J connectivity index is -0.0000000200. The largest absolute Gasteiger partial charge is 0.316 e. The maximum atomic E-state index is 8.81. The molecule has 28 valence electrons. The summed E-state index contributed by atoms with van der Waals surface area (Å²) in [5, 5.41) is 0. The highest BCUT2D eigenvalue weighted by molar-refractivity contribution is 5.76. The first kappa shape index (κ1) is 16.7. The van der Waals surface area contributed by atoms with Crippen molar-refractivity contribution in [1.29, 1.82) is 0 Å². The molecule has 3 heteroatoms. The third kappa shape index (κ3) is 46.7. The maximum Gasteiger partial charge on any atom is 0.316 e. The summed E-state index contributed by atoms with van der Waals surface area (Å²) in [6.45, 7) is 1.44. The van der Waals surface area contributed by atoms with Crippen molar-refractivity contribution in [3.63, 3.8) is 0 Å². The summed E-state index contributed by atoms with van der Waals surface area (Å²) < 4.78 is 0. The zero-order valence-electron chi connectivity index (χ0n) is 1.99. The van der Waals surface area contributed by atoms with Crippen molar-refractivity contribution in [3.8, 4) is 0 Å². The van der Waals surface area contributed by atoms with Crippen molar-refractivity contribution >= 4 is 46.7 Å². The first-order chi connectivity index (χ1) is 1.41. The van der Waals surface area contributed by atoms with Gasteiger partial charge in [0.2, 0.25) is 0 Å². The van der Waals surface area contributed by atoms with E-state index in [1.807, 2.05) is 0 Å². The molecule has 1 nitrogen and oxygen atoms in total. The molecular formula is C2H9AlMgO. The van der Waals surface area contributed by atoms with Crippen molar-refractivity contribution in [3.05, 3.63) is 0 Å². The van der Waals surface area contributed by atoms with Crippen molar-refractivity contribution in [2.75, 3.05) is 0 Å². The third-order valence-corrected chi connectivity index (χ3v) is 0. The molecule has 5 heavy (non-hydrogen) atoms. The van der Waals surface area contributed by atoms with E-state index in [0.717, 1.165) is 6.29 Å². The first-order valence-corrected chi connectivity index (χ1v) is 0.813. The standard InChI is InChI=1S/C2H4O.Al.Mg.5H/c1-2-3;;;;;;;/h2H,1H3;;;;;;;. The highest BCUT2D eigenvalue weighted by atomic mass is 27.0. The minimum Gasteiger partial charge on any atom is -0.304 e. The van der Waals surface area contributed by atoms with Crippen LogP contribution in [-0.4, -0.2) is 46.7 Å².